The topological polar surface area (TPSA) is 262 Å². The molecule has 30 atom stereocenters. The number of amides is 6. The van der Waals surface area contributed by atoms with E-state index in [4.69, 9.17) is 18.9 Å². The summed E-state index contributed by atoms with van der Waals surface area (Å²) >= 11 is 0. The van der Waals surface area contributed by atoms with E-state index in [1.54, 1.807) is 34.6 Å². The van der Waals surface area contributed by atoms with E-state index in [0.29, 0.717) is 115 Å². The summed E-state index contributed by atoms with van der Waals surface area (Å²) in [6, 6.07) is 2.60. The lowest BCUT2D eigenvalue weighted by molar-refractivity contribution is -0.152. The zero-order chi connectivity index (χ0) is 104. The van der Waals surface area contributed by atoms with Crippen LogP contribution in [0.5, 0.6) is 0 Å². The molecule has 20 bridgehead atoms. The minimum Gasteiger partial charge on any atom is -0.459 e. The van der Waals surface area contributed by atoms with Crippen molar-refractivity contribution in [2.24, 2.45) is 138 Å². The van der Waals surface area contributed by atoms with Crippen LogP contribution in [-0.2, 0) is 66.9 Å². The van der Waals surface area contributed by atoms with Gasteiger partial charge in [0.25, 0.3) is 0 Å². The van der Waals surface area contributed by atoms with Crippen molar-refractivity contribution in [3.05, 3.63) is 124 Å². The first-order valence-corrected chi connectivity index (χ1v) is 55.1. The lowest BCUT2D eigenvalue weighted by Crippen LogP contribution is -2.47. The second kappa shape index (κ2) is 46.4. The third-order valence-corrected chi connectivity index (χ3v) is 42.3. The number of hydrogen-bond donors (Lipinski definition) is 4. The highest BCUT2D eigenvalue weighted by Crippen LogP contribution is 2.70. The zero-order valence-electron chi connectivity index (χ0n) is 91.2. The van der Waals surface area contributed by atoms with E-state index in [2.05, 4.69) is 177 Å². The van der Waals surface area contributed by atoms with Gasteiger partial charge in [0.1, 0.15) is 24.4 Å². The van der Waals surface area contributed by atoms with Crippen molar-refractivity contribution < 1.29 is 66.9 Å². The van der Waals surface area contributed by atoms with Gasteiger partial charge in [0.2, 0.25) is 35.4 Å². The SMILES string of the molecule is C=C(C)C(=O)N(CC)C1CC2CCC1C2.C=C(C)C(=O)NC1CC2CCC1(C)C2(C)C.C=C(C)C(=O)NC1CC2CCC1C2.C=C(C)C(=O)OC1CC2CCC1(C)C2(C)C.C=C(C)C(=O)OC1CC2CCC1C2.C=C(C)C(=O)OC1CC2CCC1C2.C=CC(=O)N(C)C1CC2CCC1C2.C=CC(=O)NC1CC2CCC1(C)C2(C)C.C=CC(=O)NC1CC2CCC1C2.C=CC(=O)OC1CC2CCC1(C)C2(C)C. The molecular weight excluding hydrogens is 1760 g/mol. The maximum atomic E-state index is 12.0. The molecule has 20 fully saturated rings. The smallest absolute Gasteiger partial charge is 0.333 e. The van der Waals surface area contributed by atoms with E-state index in [0.717, 1.165) is 116 Å². The average molecular weight is 1950 g/mol. The summed E-state index contributed by atoms with van der Waals surface area (Å²) in [7, 11) is 1.91. The van der Waals surface area contributed by atoms with Gasteiger partial charge in [0.05, 0.1) is 0 Å². The number of carbonyl (C=O) groups excluding carboxylic acids is 10. The second-order valence-corrected chi connectivity index (χ2v) is 51.2. The Balaban J connectivity index is 0.000000150. The third-order valence-electron chi connectivity index (χ3n) is 42.3. The van der Waals surface area contributed by atoms with Crippen LogP contribution in [0.15, 0.2) is 124 Å². The maximum Gasteiger partial charge on any atom is 0.333 e. The monoisotopic (exact) mass is 1950 g/mol. The van der Waals surface area contributed by atoms with Crippen molar-refractivity contribution in [1.82, 2.24) is 31.1 Å². The van der Waals surface area contributed by atoms with E-state index >= 15 is 0 Å². The Hall–Kier alpha value is -7.90. The van der Waals surface area contributed by atoms with Crippen molar-refractivity contribution in [3.63, 3.8) is 0 Å². The molecule has 0 spiro atoms. The maximum absolute atomic E-state index is 12.0. The molecule has 20 saturated carbocycles. The first-order valence-electron chi connectivity index (χ1n) is 55.1. The normalized spacial score (nSPS) is 38.0. The fourth-order valence-electron chi connectivity index (χ4n) is 31.3. The van der Waals surface area contributed by atoms with Crippen molar-refractivity contribution in [1.29, 1.82) is 0 Å². The fourth-order valence-corrected chi connectivity index (χ4v) is 31.3. The van der Waals surface area contributed by atoms with Gasteiger partial charge in [-0.25, -0.2) is 19.2 Å². The molecule has 20 heteroatoms. The largest absolute Gasteiger partial charge is 0.459 e. The third kappa shape index (κ3) is 24.8. The van der Waals surface area contributed by atoms with E-state index < -0.39 is 0 Å². The summed E-state index contributed by atoms with van der Waals surface area (Å²) in [6.45, 7) is 77.1. The molecule has 0 saturated heterocycles. The summed E-state index contributed by atoms with van der Waals surface area (Å²) in [4.78, 5) is 118. The van der Waals surface area contributed by atoms with Crippen molar-refractivity contribution in [2.45, 2.75) is 423 Å². The molecule has 0 aliphatic heterocycles. The van der Waals surface area contributed by atoms with Gasteiger partial charge < -0.3 is 50.0 Å². The lowest BCUT2D eigenvalue weighted by Gasteiger charge is -2.39. The zero-order valence-corrected chi connectivity index (χ0v) is 91.2. The van der Waals surface area contributed by atoms with E-state index in [1.807, 2.05) is 23.8 Å². The standard InChI is InChI=1S/C14H23NO.C14H22O2.2C13H21NO.C13H20O2.2C11H17NO.2C11H16O2.C10H15NO/c1-9(2)12(16)15-11-8-10-6-7-14(11,5)13(10,3)4;1-9(2)12(15)16-11-8-10-6-7-14(11,5)13(10,3)4;1-5-11(15)14-10-8-9-6-7-13(10,4)12(9,2)3;1-4-14(13(15)9(2)3)12-8-10-5-6-11(12)7-10;1-5-11(14)15-10-8-9-6-7-13(10,4)12(9,2)3;1-7(2)11(13)12-10-6-8-3-4-9(10)5-8;1-3-11(13)12(2)10-7-8-4-5-9(10)6-8;2*1-7(2)11(12)13-10-6-8-3-4-9(10)5-8;1-2-10(12)11-9-6-7-3-4-8(9)5-7/h10-11H,1,6-8H2,2-5H3,(H,15,16);10-11H,1,6-8H2,2-5H3;5,9-10H,1,6-8H2,2-4H3,(H,14,15);10-12H,2,4-8H2,1,3H3;5,9-10H,1,6-8H2,2-4H3;8-10H,1,3-6H2,2H3,(H,12,13);3,8-10H,1,4-7H2,2H3;2*8-10H,1,3-6H2,2H3;2,7-9H,1,3-6H2,(H,11,12). The Kier molecular flexibility index (Phi) is 37.4. The van der Waals surface area contributed by atoms with Gasteiger partial charge in [-0.1, -0.05) is 175 Å². The van der Waals surface area contributed by atoms with Crippen LogP contribution in [0.2, 0.25) is 0 Å². The Morgan fingerprint density at radius 3 is 0.929 bits per heavy atom. The Morgan fingerprint density at radius 2 is 0.645 bits per heavy atom. The molecule has 0 aromatic rings. The molecule has 4 N–H and O–H groups in total. The van der Waals surface area contributed by atoms with Gasteiger partial charge in [-0.2, -0.15) is 0 Å². The van der Waals surface area contributed by atoms with Gasteiger partial charge >= 0.3 is 23.9 Å². The first-order chi connectivity index (χ1) is 66.0. The fraction of sp³-hybridized carbons (Fsp3) is 0.752. The molecular formula is C121H188N6O14. The number of hydrogen-bond acceptors (Lipinski definition) is 14. The van der Waals surface area contributed by atoms with Crippen LogP contribution >= 0.6 is 0 Å². The Bertz CT molecular complexity index is 4400. The van der Waals surface area contributed by atoms with Crippen LogP contribution in [0.4, 0.5) is 0 Å². The van der Waals surface area contributed by atoms with Crippen molar-refractivity contribution in [3.8, 4) is 0 Å². The van der Waals surface area contributed by atoms with Crippen LogP contribution in [0, 0.1) is 138 Å². The molecule has 6 amide bonds. The second-order valence-electron chi connectivity index (χ2n) is 51.2. The first kappa shape index (κ1) is 113. The molecule has 141 heavy (non-hydrogen) atoms. The number of carbonyl (C=O) groups is 10. The summed E-state index contributed by atoms with van der Waals surface area (Å²) in [6.07, 6.45) is 51.3. The highest BCUT2D eigenvalue weighted by molar-refractivity contribution is 5.94. The van der Waals surface area contributed by atoms with Gasteiger partial charge in [-0.3, -0.25) is 28.8 Å². The minimum atomic E-state index is -0.274. The summed E-state index contributed by atoms with van der Waals surface area (Å²) in [5.41, 5.74) is 5.65. The molecule has 20 aliphatic rings. The summed E-state index contributed by atoms with van der Waals surface area (Å²) in [5.74, 6) is 11.9. The number of likely N-dealkylation sites (N-methyl/N-ethyl adjacent to an activating group) is 2. The predicted molar refractivity (Wildman–Crippen MR) is 564 cm³/mol. The molecule has 0 heterocycles. The number of ether oxygens (including phenoxy) is 4. The molecule has 20 aliphatic carbocycles. The number of fused-ring (bicyclic) bond motifs is 20. The molecule has 786 valence electrons. The lowest BCUT2D eigenvalue weighted by atomic mass is 9.69. The summed E-state index contributed by atoms with van der Waals surface area (Å²) in [5, 5.41) is 12.3. The van der Waals surface area contributed by atoms with Crippen LogP contribution in [-0.4, -0.2) is 143 Å². The number of nitrogens with zero attached hydrogens (tertiary/aromatic N) is 2. The molecule has 20 rings (SSSR count). The van der Waals surface area contributed by atoms with E-state index in [1.165, 1.54) is 217 Å². The Labute approximate surface area is 850 Å². The quantitative estimate of drug-likeness (QED) is 0.0473. The molecule has 0 radical (unpaired) electrons. The summed E-state index contributed by atoms with van der Waals surface area (Å²) < 4.78 is 21.8. The van der Waals surface area contributed by atoms with Crippen LogP contribution < -0.4 is 21.3 Å². The minimum absolute atomic E-state index is 0.00690. The number of esters is 4. The van der Waals surface area contributed by atoms with Gasteiger partial charge in [-0.05, 0) is 399 Å². The highest BCUT2D eigenvalue weighted by Gasteiger charge is 2.66. The molecule has 0 aromatic carbocycles. The predicted octanol–water partition coefficient (Wildman–Crippen LogP) is 24.0. The van der Waals surface area contributed by atoms with Gasteiger partial charge in [0.15, 0.2) is 0 Å². The highest BCUT2D eigenvalue weighted by atomic mass is 16.6. The van der Waals surface area contributed by atoms with Crippen LogP contribution in [0.1, 0.15) is 363 Å². The van der Waals surface area contributed by atoms with E-state index in [-0.39, 0.29) is 105 Å². The van der Waals surface area contributed by atoms with Crippen molar-refractivity contribution >= 4 is 59.3 Å². The van der Waals surface area contributed by atoms with Crippen LogP contribution in [0.25, 0.3) is 0 Å². The van der Waals surface area contributed by atoms with Gasteiger partial charge in [-0.15, -0.1) is 0 Å². The molecule has 30 unspecified atom stereocenters. The number of rotatable bonds is 21. The van der Waals surface area contributed by atoms with E-state index in [9.17, 15) is 47.9 Å². The molecule has 0 aromatic heterocycles. The Morgan fingerprint density at radius 1 is 0.319 bits per heavy atom. The molecule has 20 nitrogen and oxygen atoms in total. The van der Waals surface area contributed by atoms with Gasteiger partial charge in [0, 0.05) is 100 Å². The van der Waals surface area contributed by atoms with Crippen LogP contribution in [0.3, 0.4) is 0 Å². The average Bonchev–Trinajstić information content (AvgIpc) is 1.57. The number of nitrogens with one attached hydrogen (secondary N) is 4. The van der Waals surface area contributed by atoms with Crippen molar-refractivity contribution in [2.75, 3.05) is 13.6 Å².